The van der Waals surface area contributed by atoms with Gasteiger partial charge in [0.15, 0.2) is 6.04 Å². The van der Waals surface area contributed by atoms with E-state index in [1.165, 1.54) is 9.21 Å². The van der Waals surface area contributed by atoms with E-state index in [2.05, 4.69) is 12.2 Å². The highest BCUT2D eigenvalue weighted by Gasteiger charge is 2.29. The van der Waals surface area contributed by atoms with Gasteiger partial charge in [-0.25, -0.2) is 8.42 Å². The molecule has 1 saturated heterocycles. The minimum Gasteiger partial charge on any atom is -0.325 e. The number of rotatable bonds is 7. The lowest BCUT2D eigenvalue weighted by Gasteiger charge is -2.31. The molecular formula is C20H34N3O3S+. The average Bonchev–Trinajstić information content (AvgIpc) is 2.64. The summed E-state index contributed by atoms with van der Waals surface area (Å²) in [5, 5.41) is 2.92. The van der Waals surface area contributed by atoms with E-state index in [1.807, 2.05) is 20.8 Å². The van der Waals surface area contributed by atoms with E-state index in [9.17, 15) is 13.2 Å². The third kappa shape index (κ3) is 5.09. The zero-order chi connectivity index (χ0) is 20.2. The quantitative estimate of drug-likeness (QED) is 0.736. The molecule has 7 heteroatoms. The Morgan fingerprint density at radius 1 is 1.26 bits per heavy atom. The summed E-state index contributed by atoms with van der Waals surface area (Å²) < 4.78 is 27.2. The Bertz CT molecular complexity index is 752. The smallest absolute Gasteiger partial charge is 0.282 e. The minimum absolute atomic E-state index is 0.0606. The van der Waals surface area contributed by atoms with Crippen LogP contribution in [0.4, 0.5) is 5.69 Å². The highest BCUT2D eigenvalue weighted by molar-refractivity contribution is 7.89. The lowest BCUT2D eigenvalue weighted by molar-refractivity contribution is -0.919. The van der Waals surface area contributed by atoms with Gasteiger partial charge in [0.2, 0.25) is 10.0 Å². The van der Waals surface area contributed by atoms with Crippen LogP contribution in [-0.2, 0) is 14.8 Å². The zero-order valence-corrected chi connectivity index (χ0v) is 18.0. The summed E-state index contributed by atoms with van der Waals surface area (Å²) >= 11 is 0. The first-order valence-electron chi connectivity index (χ1n) is 9.96. The average molecular weight is 397 g/mol. The monoisotopic (exact) mass is 396 g/mol. The van der Waals surface area contributed by atoms with Crippen molar-refractivity contribution in [2.24, 2.45) is 5.92 Å². The molecule has 0 radical (unpaired) electrons. The van der Waals surface area contributed by atoms with Crippen molar-refractivity contribution in [3.05, 3.63) is 23.8 Å². The predicted molar refractivity (Wildman–Crippen MR) is 108 cm³/mol. The van der Waals surface area contributed by atoms with Crippen molar-refractivity contribution < 1.29 is 18.1 Å². The van der Waals surface area contributed by atoms with Crippen LogP contribution in [0.2, 0.25) is 0 Å². The fourth-order valence-corrected chi connectivity index (χ4v) is 5.37. The van der Waals surface area contributed by atoms with E-state index in [4.69, 9.17) is 0 Å². The third-order valence-electron chi connectivity index (χ3n) is 5.70. The molecule has 27 heavy (non-hydrogen) atoms. The summed E-state index contributed by atoms with van der Waals surface area (Å²) in [5.74, 6) is 0.670. The van der Waals surface area contributed by atoms with Gasteiger partial charge in [-0.15, -0.1) is 0 Å². The van der Waals surface area contributed by atoms with Gasteiger partial charge in [0.1, 0.15) is 0 Å². The van der Waals surface area contributed by atoms with Gasteiger partial charge in [0.05, 0.1) is 18.0 Å². The van der Waals surface area contributed by atoms with Gasteiger partial charge in [-0.3, -0.25) is 4.79 Å². The van der Waals surface area contributed by atoms with Crippen LogP contribution in [0.3, 0.4) is 0 Å². The van der Waals surface area contributed by atoms with Gasteiger partial charge in [0.25, 0.3) is 5.91 Å². The number of amides is 1. The highest BCUT2D eigenvalue weighted by Crippen LogP contribution is 2.23. The number of hydrogen-bond donors (Lipinski definition) is 2. The lowest BCUT2D eigenvalue weighted by Crippen LogP contribution is -3.17. The Kier molecular flexibility index (Phi) is 7.42. The fourth-order valence-electron chi connectivity index (χ4n) is 3.66. The molecule has 2 N–H and O–H groups in total. The Balaban J connectivity index is 2.17. The molecule has 0 saturated carbocycles. The number of anilines is 1. The number of aryl methyl sites for hydroxylation is 1. The van der Waals surface area contributed by atoms with Gasteiger partial charge < -0.3 is 10.2 Å². The molecule has 0 spiro atoms. The van der Waals surface area contributed by atoms with Gasteiger partial charge in [0, 0.05) is 18.8 Å². The van der Waals surface area contributed by atoms with Crippen molar-refractivity contribution in [2.75, 3.05) is 31.5 Å². The molecule has 1 fully saturated rings. The molecule has 1 atom stereocenters. The van der Waals surface area contributed by atoms with Gasteiger partial charge >= 0.3 is 0 Å². The van der Waals surface area contributed by atoms with Crippen molar-refractivity contribution in [2.45, 2.75) is 58.4 Å². The summed E-state index contributed by atoms with van der Waals surface area (Å²) in [5.41, 5.74) is 1.22. The summed E-state index contributed by atoms with van der Waals surface area (Å²) in [6, 6.07) is 4.96. The van der Waals surface area contributed by atoms with Gasteiger partial charge in [-0.05, 0) is 50.3 Å². The number of carbonyl (C=O) groups excluding carboxylic acids is 1. The van der Waals surface area contributed by atoms with Crippen LogP contribution in [0.25, 0.3) is 0 Å². The maximum atomic E-state index is 12.9. The van der Waals surface area contributed by atoms with Gasteiger partial charge in [-0.2, -0.15) is 4.31 Å². The van der Waals surface area contributed by atoms with E-state index < -0.39 is 10.0 Å². The van der Waals surface area contributed by atoms with Crippen LogP contribution < -0.4 is 10.2 Å². The first-order valence-corrected chi connectivity index (χ1v) is 11.4. The van der Waals surface area contributed by atoms with E-state index in [1.54, 1.807) is 25.1 Å². The second-order valence-electron chi connectivity index (χ2n) is 7.62. The molecule has 6 nitrogen and oxygen atoms in total. The largest absolute Gasteiger partial charge is 0.325 e. The number of nitrogens with zero attached hydrogens (tertiary/aromatic N) is 1. The number of carbonyl (C=O) groups is 1. The maximum absolute atomic E-state index is 12.9. The molecule has 0 aliphatic carbocycles. The fraction of sp³-hybridized carbons (Fsp3) is 0.650. The molecule has 2 rings (SSSR count). The molecule has 1 aromatic rings. The maximum Gasteiger partial charge on any atom is 0.282 e. The van der Waals surface area contributed by atoms with E-state index in [0.717, 1.165) is 31.8 Å². The predicted octanol–water partition coefficient (Wildman–Crippen LogP) is 1.67. The van der Waals surface area contributed by atoms with E-state index in [-0.39, 0.29) is 16.8 Å². The molecule has 1 heterocycles. The number of piperidine rings is 1. The normalized spacial score (nSPS) is 21.9. The standard InChI is InChI=1S/C20H33N3O3S/c1-6-23(7-2)27(25,26)19-14-18(9-8-16(19)4)21-20(24)17(5)22-12-10-15(3)11-13-22/h8-9,14-15,17H,6-7,10-13H2,1-5H3,(H,21,24)/p+1/t17-/m0/s1. The SMILES string of the molecule is CCN(CC)S(=O)(=O)c1cc(NC(=O)[C@H](C)[NH+]2CCC(C)CC2)ccc1C. The molecule has 0 aromatic heterocycles. The van der Waals surface area contributed by atoms with Crippen molar-refractivity contribution in [1.82, 2.24) is 4.31 Å². The number of nitrogens with one attached hydrogen (secondary N) is 2. The molecule has 1 amide bonds. The van der Waals surface area contributed by atoms with Crippen LogP contribution in [0.1, 0.15) is 46.1 Å². The summed E-state index contributed by atoms with van der Waals surface area (Å²) in [6.45, 7) is 12.5. The molecule has 0 bridgehead atoms. The Morgan fingerprint density at radius 2 is 1.85 bits per heavy atom. The van der Waals surface area contributed by atoms with Crippen LogP contribution in [0.15, 0.2) is 23.1 Å². The van der Waals surface area contributed by atoms with Gasteiger partial charge in [-0.1, -0.05) is 26.8 Å². The number of benzene rings is 1. The molecule has 152 valence electrons. The molecule has 0 unspecified atom stereocenters. The third-order valence-corrected chi connectivity index (χ3v) is 7.89. The summed E-state index contributed by atoms with van der Waals surface area (Å²) in [6.07, 6.45) is 2.29. The summed E-state index contributed by atoms with van der Waals surface area (Å²) in [7, 11) is -3.56. The van der Waals surface area contributed by atoms with E-state index >= 15 is 0 Å². The molecule has 1 aliphatic rings. The highest BCUT2D eigenvalue weighted by atomic mass is 32.2. The van der Waals surface area contributed by atoms with E-state index in [0.29, 0.717) is 24.3 Å². The van der Waals surface area contributed by atoms with Crippen molar-refractivity contribution >= 4 is 21.6 Å². The number of likely N-dealkylation sites (tertiary alicyclic amines) is 1. The van der Waals surface area contributed by atoms with Crippen LogP contribution >= 0.6 is 0 Å². The minimum atomic E-state index is -3.56. The second-order valence-corrected chi connectivity index (χ2v) is 9.53. The number of quaternary nitrogens is 1. The molecule has 1 aromatic carbocycles. The zero-order valence-electron chi connectivity index (χ0n) is 17.2. The number of sulfonamides is 1. The lowest BCUT2D eigenvalue weighted by atomic mass is 9.98. The Labute approximate surface area is 164 Å². The topological polar surface area (TPSA) is 70.9 Å². The van der Waals surface area contributed by atoms with Crippen LogP contribution in [-0.4, -0.2) is 50.9 Å². The number of hydrogen-bond acceptors (Lipinski definition) is 3. The van der Waals surface area contributed by atoms with Crippen molar-refractivity contribution in [3.8, 4) is 0 Å². The van der Waals surface area contributed by atoms with Crippen LogP contribution in [0.5, 0.6) is 0 Å². The Morgan fingerprint density at radius 3 is 2.41 bits per heavy atom. The molecule has 1 aliphatic heterocycles. The van der Waals surface area contributed by atoms with Crippen LogP contribution in [0, 0.1) is 12.8 Å². The first kappa shape index (κ1) is 21.9. The Hall–Kier alpha value is -1.44. The summed E-state index contributed by atoms with van der Waals surface area (Å²) in [4.78, 5) is 14.3. The van der Waals surface area contributed by atoms with Crippen molar-refractivity contribution in [3.63, 3.8) is 0 Å². The van der Waals surface area contributed by atoms with Crippen molar-refractivity contribution in [1.29, 1.82) is 0 Å². The second kappa shape index (κ2) is 9.17. The molecular weight excluding hydrogens is 362 g/mol. The first-order chi connectivity index (χ1) is 12.7.